The number of ether oxygens (including phenoxy) is 1. The van der Waals surface area contributed by atoms with Crippen molar-refractivity contribution in [2.45, 2.75) is 6.92 Å². The minimum absolute atomic E-state index is 0.0170. The predicted molar refractivity (Wildman–Crippen MR) is 56.7 cm³/mol. The number of benzene rings is 1. The minimum Gasteiger partial charge on any atom is -0.459 e. The second-order valence-electron chi connectivity index (χ2n) is 2.95. The van der Waals surface area contributed by atoms with Crippen LogP contribution in [0, 0.1) is 28.9 Å². The summed E-state index contributed by atoms with van der Waals surface area (Å²) in [5, 5.41) is 10.6. The number of nitrogens with zero attached hydrogens (tertiary/aromatic N) is 1. The van der Waals surface area contributed by atoms with Crippen LogP contribution >= 0.6 is 0 Å². The molecule has 0 aliphatic rings. The van der Waals surface area contributed by atoms with Crippen LogP contribution in [0.1, 0.15) is 11.1 Å². The van der Waals surface area contributed by atoms with Gasteiger partial charge in [0.1, 0.15) is 0 Å². The molecule has 0 aliphatic carbocycles. The number of rotatable bonds is 1. The van der Waals surface area contributed by atoms with Crippen molar-refractivity contribution in [3.05, 3.63) is 39.4 Å². The van der Waals surface area contributed by atoms with Crippen molar-refractivity contribution in [3.8, 4) is 11.8 Å². The molecule has 16 heavy (non-hydrogen) atoms. The highest BCUT2D eigenvalue weighted by atomic mass is 16.6. The van der Waals surface area contributed by atoms with E-state index in [1.807, 2.05) is 0 Å². The van der Waals surface area contributed by atoms with E-state index in [9.17, 15) is 14.9 Å². The van der Waals surface area contributed by atoms with Gasteiger partial charge in [-0.25, -0.2) is 4.79 Å². The summed E-state index contributed by atoms with van der Waals surface area (Å²) < 4.78 is 4.34. The van der Waals surface area contributed by atoms with Gasteiger partial charge in [-0.2, -0.15) is 0 Å². The monoisotopic (exact) mass is 219 g/mol. The predicted octanol–water partition coefficient (Wildman–Crippen LogP) is 1.43. The Morgan fingerprint density at radius 3 is 2.75 bits per heavy atom. The Hall–Kier alpha value is -2.35. The Morgan fingerprint density at radius 1 is 1.50 bits per heavy atom. The molecule has 0 radical (unpaired) electrons. The van der Waals surface area contributed by atoms with Crippen molar-refractivity contribution < 1.29 is 14.5 Å². The number of hydrogen-bond donors (Lipinski definition) is 0. The third-order valence-electron chi connectivity index (χ3n) is 1.99. The fourth-order valence-electron chi connectivity index (χ4n) is 1.13. The third-order valence-corrected chi connectivity index (χ3v) is 1.99. The first kappa shape index (κ1) is 11.7. The van der Waals surface area contributed by atoms with E-state index in [0.717, 1.165) is 0 Å². The van der Waals surface area contributed by atoms with Crippen molar-refractivity contribution in [2.24, 2.45) is 0 Å². The molecule has 0 atom stereocenters. The van der Waals surface area contributed by atoms with Gasteiger partial charge in [-0.05, 0) is 13.0 Å². The van der Waals surface area contributed by atoms with Crippen LogP contribution < -0.4 is 0 Å². The van der Waals surface area contributed by atoms with Crippen LogP contribution in [0.15, 0.2) is 18.2 Å². The summed E-state index contributed by atoms with van der Waals surface area (Å²) in [5.74, 6) is 4.08. The molecule has 0 unspecified atom stereocenters. The lowest BCUT2D eigenvalue weighted by Gasteiger charge is -1.98. The number of nitro groups is 1. The quantitative estimate of drug-likeness (QED) is 0.310. The molecule has 0 spiro atoms. The molecule has 1 aromatic carbocycles. The van der Waals surface area contributed by atoms with Crippen LogP contribution in [-0.2, 0) is 9.53 Å². The van der Waals surface area contributed by atoms with E-state index in [2.05, 4.69) is 16.6 Å². The van der Waals surface area contributed by atoms with Crippen LogP contribution in [0.4, 0.5) is 5.69 Å². The van der Waals surface area contributed by atoms with Crippen LogP contribution in [-0.4, -0.2) is 18.0 Å². The molecular formula is C11H9NO4. The second kappa shape index (κ2) is 4.94. The summed E-state index contributed by atoms with van der Waals surface area (Å²) in [5.41, 5.74) is 0.861. The van der Waals surface area contributed by atoms with Gasteiger partial charge in [0, 0.05) is 23.1 Å². The summed E-state index contributed by atoms with van der Waals surface area (Å²) >= 11 is 0. The van der Waals surface area contributed by atoms with Crippen LogP contribution in [0.3, 0.4) is 0 Å². The first-order valence-corrected chi connectivity index (χ1v) is 4.40. The van der Waals surface area contributed by atoms with E-state index in [4.69, 9.17) is 0 Å². The SMILES string of the molecule is COC(=O)C#Cc1cccc([N+](=O)[O-])c1C. The van der Waals surface area contributed by atoms with Crippen molar-refractivity contribution in [1.29, 1.82) is 0 Å². The zero-order valence-electron chi connectivity index (χ0n) is 8.81. The van der Waals surface area contributed by atoms with Gasteiger partial charge in [0.05, 0.1) is 12.0 Å². The van der Waals surface area contributed by atoms with Gasteiger partial charge >= 0.3 is 5.97 Å². The molecule has 0 bridgehead atoms. The second-order valence-corrected chi connectivity index (χ2v) is 2.95. The van der Waals surface area contributed by atoms with E-state index in [-0.39, 0.29) is 5.69 Å². The maximum Gasteiger partial charge on any atom is 0.384 e. The maximum absolute atomic E-state index is 10.8. The molecule has 0 fully saturated rings. The average molecular weight is 219 g/mol. The molecule has 5 nitrogen and oxygen atoms in total. The molecule has 0 amide bonds. The van der Waals surface area contributed by atoms with E-state index in [0.29, 0.717) is 11.1 Å². The molecule has 0 saturated heterocycles. The third kappa shape index (κ3) is 2.58. The van der Waals surface area contributed by atoms with Crippen LogP contribution in [0.25, 0.3) is 0 Å². The Morgan fingerprint density at radius 2 is 2.19 bits per heavy atom. The number of nitro benzene ring substituents is 1. The lowest BCUT2D eigenvalue weighted by atomic mass is 10.1. The summed E-state index contributed by atoms with van der Waals surface area (Å²) in [4.78, 5) is 20.9. The average Bonchev–Trinajstić information content (AvgIpc) is 2.26. The number of methoxy groups -OCH3 is 1. The zero-order chi connectivity index (χ0) is 12.1. The molecule has 1 aromatic rings. The molecule has 0 aromatic heterocycles. The highest BCUT2D eigenvalue weighted by molar-refractivity contribution is 5.89. The standard InChI is InChI=1S/C11H9NO4/c1-8-9(6-7-11(13)16-2)4-3-5-10(8)12(14)15/h3-5H,1-2H3. The van der Waals surface area contributed by atoms with E-state index < -0.39 is 10.9 Å². The van der Waals surface area contributed by atoms with Gasteiger partial charge in [-0.1, -0.05) is 12.0 Å². The highest BCUT2D eigenvalue weighted by Crippen LogP contribution is 2.19. The lowest BCUT2D eigenvalue weighted by molar-refractivity contribution is -0.385. The maximum atomic E-state index is 10.8. The smallest absolute Gasteiger partial charge is 0.384 e. The van der Waals surface area contributed by atoms with Gasteiger partial charge in [-0.15, -0.1) is 0 Å². The van der Waals surface area contributed by atoms with Gasteiger partial charge in [0.2, 0.25) is 0 Å². The van der Waals surface area contributed by atoms with E-state index in [1.54, 1.807) is 13.0 Å². The molecular weight excluding hydrogens is 210 g/mol. The first-order chi connectivity index (χ1) is 7.56. The van der Waals surface area contributed by atoms with E-state index in [1.165, 1.54) is 19.2 Å². The first-order valence-electron chi connectivity index (χ1n) is 4.40. The number of carbonyl (C=O) groups is 1. The van der Waals surface area contributed by atoms with Gasteiger partial charge in [0.25, 0.3) is 5.69 Å². The highest BCUT2D eigenvalue weighted by Gasteiger charge is 2.11. The van der Waals surface area contributed by atoms with Crippen molar-refractivity contribution in [3.63, 3.8) is 0 Å². The molecule has 0 aliphatic heterocycles. The molecule has 82 valence electrons. The summed E-state index contributed by atoms with van der Waals surface area (Å²) in [6.07, 6.45) is 0. The summed E-state index contributed by atoms with van der Waals surface area (Å²) in [7, 11) is 1.22. The van der Waals surface area contributed by atoms with Crippen LogP contribution in [0.2, 0.25) is 0 Å². The Balaban J connectivity index is 3.15. The normalized spacial score (nSPS) is 8.88. The fraction of sp³-hybridized carbons (Fsp3) is 0.182. The van der Waals surface area contributed by atoms with Gasteiger partial charge < -0.3 is 4.74 Å². The minimum atomic E-state index is -0.675. The Kier molecular flexibility index (Phi) is 3.62. The van der Waals surface area contributed by atoms with Crippen molar-refractivity contribution in [2.75, 3.05) is 7.11 Å². The Bertz CT molecular complexity index is 496. The summed E-state index contributed by atoms with van der Waals surface area (Å²) in [6.45, 7) is 1.58. The molecule has 0 heterocycles. The fourth-order valence-corrected chi connectivity index (χ4v) is 1.13. The van der Waals surface area contributed by atoms with Crippen molar-refractivity contribution in [1.82, 2.24) is 0 Å². The van der Waals surface area contributed by atoms with Gasteiger partial charge in [0.15, 0.2) is 0 Å². The number of esters is 1. The largest absolute Gasteiger partial charge is 0.459 e. The van der Waals surface area contributed by atoms with Gasteiger partial charge in [-0.3, -0.25) is 10.1 Å². The number of carbonyl (C=O) groups excluding carboxylic acids is 1. The molecule has 0 N–H and O–H groups in total. The van der Waals surface area contributed by atoms with E-state index >= 15 is 0 Å². The van der Waals surface area contributed by atoms with Crippen LogP contribution in [0.5, 0.6) is 0 Å². The Labute approximate surface area is 92.2 Å². The summed E-state index contributed by atoms with van der Waals surface area (Å²) in [6, 6.07) is 4.52. The molecule has 5 heteroatoms. The lowest BCUT2D eigenvalue weighted by Crippen LogP contribution is -1.96. The zero-order valence-corrected chi connectivity index (χ0v) is 8.81. The van der Waals surface area contributed by atoms with Crippen molar-refractivity contribution >= 4 is 11.7 Å². The topological polar surface area (TPSA) is 69.4 Å². The number of hydrogen-bond acceptors (Lipinski definition) is 4. The molecule has 0 saturated carbocycles. The molecule has 1 rings (SSSR count).